The molecule has 23 heavy (non-hydrogen) atoms. The second-order valence-corrected chi connectivity index (χ2v) is 5.27. The lowest BCUT2D eigenvalue weighted by atomic mass is 10.0. The predicted molar refractivity (Wildman–Crippen MR) is 79.3 cm³/mol. The molecule has 0 fully saturated rings. The molecule has 6 heteroatoms. The zero-order chi connectivity index (χ0) is 17.0. The van der Waals surface area contributed by atoms with Crippen LogP contribution in [0, 0.1) is 17.5 Å². The van der Waals surface area contributed by atoms with Crippen molar-refractivity contribution < 1.29 is 23.1 Å². The van der Waals surface area contributed by atoms with E-state index >= 15 is 0 Å². The molecule has 0 saturated carbocycles. The van der Waals surface area contributed by atoms with Crippen LogP contribution in [0.1, 0.15) is 35.4 Å². The Morgan fingerprint density at radius 2 is 1.65 bits per heavy atom. The molecule has 0 spiro atoms. The average molecular weight is 323 g/mol. The van der Waals surface area contributed by atoms with Crippen LogP contribution in [0.25, 0.3) is 0 Å². The van der Waals surface area contributed by atoms with Gasteiger partial charge in [-0.2, -0.15) is 0 Å². The molecule has 0 saturated heterocycles. The van der Waals surface area contributed by atoms with Gasteiger partial charge in [0.05, 0.1) is 6.10 Å². The predicted octanol–water partition coefficient (Wildman–Crippen LogP) is 3.35. The molecule has 2 aromatic carbocycles. The maximum atomic E-state index is 13.5. The molecular weight excluding hydrogens is 307 g/mol. The highest BCUT2D eigenvalue weighted by Crippen LogP contribution is 2.19. The number of halogens is 3. The second-order valence-electron chi connectivity index (χ2n) is 5.27. The van der Waals surface area contributed by atoms with Gasteiger partial charge in [0.2, 0.25) is 0 Å². The van der Waals surface area contributed by atoms with E-state index < -0.39 is 41.1 Å². The largest absolute Gasteiger partial charge is 0.388 e. The number of rotatable bonds is 5. The lowest BCUT2D eigenvalue weighted by molar-refractivity contribution is 0.0908. The first-order valence-corrected chi connectivity index (χ1v) is 7.07. The van der Waals surface area contributed by atoms with E-state index in [1.807, 2.05) is 0 Å². The minimum Gasteiger partial charge on any atom is -0.388 e. The van der Waals surface area contributed by atoms with Crippen molar-refractivity contribution in [2.45, 2.75) is 25.5 Å². The number of aliphatic hydroxyl groups is 1. The van der Waals surface area contributed by atoms with Crippen LogP contribution in [0.4, 0.5) is 13.2 Å². The highest BCUT2D eigenvalue weighted by Gasteiger charge is 2.20. The number of benzene rings is 2. The van der Waals surface area contributed by atoms with Gasteiger partial charge in [0.25, 0.3) is 5.91 Å². The second kappa shape index (κ2) is 7.28. The monoisotopic (exact) mass is 323 g/mol. The smallest absolute Gasteiger partial charge is 0.257 e. The molecule has 0 aliphatic rings. The lowest BCUT2D eigenvalue weighted by Crippen LogP contribution is -2.34. The standard InChI is InChI=1S/C17H16F3NO2/c1-10(9-15(22)11-5-7-12(18)8-6-11)21-17(23)16-13(19)3-2-4-14(16)20/h2-8,10,15,22H,9H2,1H3,(H,21,23). The van der Waals surface area contributed by atoms with Crippen molar-refractivity contribution in [3.63, 3.8) is 0 Å². The molecule has 0 radical (unpaired) electrons. The zero-order valence-electron chi connectivity index (χ0n) is 12.4. The number of nitrogens with one attached hydrogen (secondary N) is 1. The van der Waals surface area contributed by atoms with E-state index in [-0.39, 0.29) is 6.42 Å². The fourth-order valence-electron chi connectivity index (χ4n) is 2.23. The summed E-state index contributed by atoms with van der Waals surface area (Å²) >= 11 is 0. The SMILES string of the molecule is CC(CC(O)c1ccc(F)cc1)NC(=O)c1c(F)cccc1F. The average Bonchev–Trinajstić information content (AvgIpc) is 2.47. The van der Waals surface area contributed by atoms with E-state index in [0.29, 0.717) is 5.56 Å². The Labute approximate surface area is 131 Å². The van der Waals surface area contributed by atoms with Crippen LogP contribution in [0.3, 0.4) is 0 Å². The molecule has 2 N–H and O–H groups in total. The molecule has 0 heterocycles. The third-order valence-electron chi connectivity index (χ3n) is 3.40. The molecule has 1 amide bonds. The number of aliphatic hydroxyl groups excluding tert-OH is 1. The van der Waals surface area contributed by atoms with Crippen molar-refractivity contribution in [2.24, 2.45) is 0 Å². The van der Waals surface area contributed by atoms with Crippen LogP contribution in [-0.4, -0.2) is 17.1 Å². The van der Waals surface area contributed by atoms with Crippen molar-refractivity contribution in [1.82, 2.24) is 5.32 Å². The summed E-state index contributed by atoms with van der Waals surface area (Å²) in [6, 6.07) is 7.93. The van der Waals surface area contributed by atoms with E-state index in [1.165, 1.54) is 30.3 Å². The molecule has 3 nitrogen and oxygen atoms in total. The molecule has 2 rings (SSSR count). The van der Waals surface area contributed by atoms with Crippen LogP contribution in [0.5, 0.6) is 0 Å². The Kier molecular flexibility index (Phi) is 5.39. The van der Waals surface area contributed by atoms with Gasteiger partial charge in [0, 0.05) is 6.04 Å². The molecule has 2 unspecified atom stereocenters. The zero-order valence-corrected chi connectivity index (χ0v) is 12.4. The lowest BCUT2D eigenvalue weighted by Gasteiger charge is -2.18. The first-order valence-electron chi connectivity index (χ1n) is 7.07. The minimum absolute atomic E-state index is 0.118. The highest BCUT2D eigenvalue weighted by molar-refractivity contribution is 5.94. The molecule has 0 aliphatic carbocycles. The Bertz CT molecular complexity index is 668. The molecule has 2 aromatic rings. The summed E-state index contributed by atoms with van der Waals surface area (Å²) in [5, 5.41) is 12.5. The summed E-state index contributed by atoms with van der Waals surface area (Å²) in [6.45, 7) is 1.60. The van der Waals surface area contributed by atoms with Crippen LogP contribution in [0.2, 0.25) is 0 Å². The molecule has 122 valence electrons. The van der Waals surface area contributed by atoms with Gasteiger partial charge in [-0.1, -0.05) is 18.2 Å². The van der Waals surface area contributed by atoms with Crippen molar-refractivity contribution in [1.29, 1.82) is 0 Å². The number of amides is 1. The van der Waals surface area contributed by atoms with Crippen LogP contribution >= 0.6 is 0 Å². The Hall–Kier alpha value is -2.34. The summed E-state index contributed by atoms with van der Waals surface area (Å²) in [5.74, 6) is -3.21. The minimum atomic E-state index is -0.950. The Balaban J connectivity index is 2.00. The van der Waals surface area contributed by atoms with E-state index in [9.17, 15) is 23.1 Å². The van der Waals surface area contributed by atoms with Gasteiger partial charge in [0.15, 0.2) is 0 Å². The van der Waals surface area contributed by atoms with Gasteiger partial charge >= 0.3 is 0 Å². The number of hydrogen-bond donors (Lipinski definition) is 2. The maximum Gasteiger partial charge on any atom is 0.257 e. The number of carbonyl (C=O) groups excluding carboxylic acids is 1. The fraction of sp³-hybridized carbons (Fsp3) is 0.235. The Morgan fingerprint density at radius 1 is 1.09 bits per heavy atom. The van der Waals surface area contributed by atoms with Crippen LogP contribution in [-0.2, 0) is 0 Å². The van der Waals surface area contributed by atoms with Gasteiger partial charge in [0.1, 0.15) is 23.0 Å². The third kappa shape index (κ3) is 4.32. The molecule has 0 aromatic heterocycles. The summed E-state index contributed by atoms with van der Waals surface area (Å²) in [7, 11) is 0. The summed E-state index contributed by atoms with van der Waals surface area (Å²) in [6.07, 6.45) is -0.815. The molecule has 0 bridgehead atoms. The van der Waals surface area contributed by atoms with Crippen molar-refractivity contribution in [3.8, 4) is 0 Å². The van der Waals surface area contributed by atoms with Gasteiger partial charge in [-0.05, 0) is 43.2 Å². The van der Waals surface area contributed by atoms with E-state index in [0.717, 1.165) is 12.1 Å². The first-order chi connectivity index (χ1) is 10.9. The van der Waals surface area contributed by atoms with E-state index in [1.54, 1.807) is 6.92 Å². The van der Waals surface area contributed by atoms with Gasteiger partial charge in [-0.3, -0.25) is 4.79 Å². The van der Waals surface area contributed by atoms with Gasteiger partial charge in [-0.15, -0.1) is 0 Å². The van der Waals surface area contributed by atoms with Crippen LogP contribution < -0.4 is 5.32 Å². The summed E-state index contributed by atoms with van der Waals surface area (Å²) in [5.41, 5.74) is -0.166. The molecule has 0 aliphatic heterocycles. The number of carbonyl (C=O) groups is 1. The van der Waals surface area contributed by atoms with Crippen molar-refractivity contribution in [3.05, 3.63) is 71.0 Å². The van der Waals surface area contributed by atoms with Gasteiger partial charge < -0.3 is 10.4 Å². The summed E-state index contributed by atoms with van der Waals surface area (Å²) in [4.78, 5) is 11.9. The first kappa shape index (κ1) is 17.0. The normalized spacial score (nSPS) is 13.4. The quantitative estimate of drug-likeness (QED) is 0.886. The third-order valence-corrected chi connectivity index (χ3v) is 3.40. The van der Waals surface area contributed by atoms with Gasteiger partial charge in [-0.25, -0.2) is 13.2 Å². The molecule has 2 atom stereocenters. The van der Waals surface area contributed by atoms with Crippen LogP contribution in [0.15, 0.2) is 42.5 Å². The number of hydrogen-bond acceptors (Lipinski definition) is 2. The van der Waals surface area contributed by atoms with Crippen molar-refractivity contribution in [2.75, 3.05) is 0 Å². The van der Waals surface area contributed by atoms with E-state index in [2.05, 4.69) is 5.32 Å². The van der Waals surface area contributed by atoms with Crippen molar-refractivity contribution >= 4 is 5.91 Å². The topological polar surface area (TPSA) is 49.3 Å². The summed E-state index contributed by atoms with van der Waals surface area (Å²) < 4.78 is 39.9. The maximum absolute atomic E-state index is 13.5. The highest BCUT2D eigenvalue weighted by atomic mass is 19.1. The van der Waals surface area contributed by atoms with E-state index in [4.69, 9.17) is 0 Å². The fourth-order valence-corrected chi connectivity index (χ4v) is 2.23. The Morgan fingerprint density at radius 3 is 2.22 bits per heavy atom. The molecular formula is C17H16F3NO2.